The van der Waals surface area contributed by atoms with E-state index in [2.05, 4.69) is 22.9 Å². The van der Waals surface area contributed by atoms with Crippen LogP contribution in [0.4, 0.5) is 0 Å². The molecule has 3 nitrogen and oxygen atoms in total. The van der Waals surface area contributed by atoms with Crippen molar-refractivity contribution in [2.45, 2.75) is 39.0 Å². The molecule has 4 heteroatoms. The van der Waals surface area contributed by atoms with Crippen LogP contribution in [0.25, 0.3) is 0 Å². The number of carbonyl (C=O) groups excluding carboxylic acids is 1. The quantitative estimate of drug-likeness (QED) is 0.835. The molecule has 20 heavy (non-hydrogen) atoms. The van der Waals surface area contributed by atoms with Crippen molar-refractivity contribution in [3.63, 3.8) is 0 Å². The van der Waals surface area contributed by atoms with E-state index in [0.717, 1.165) is 48.1 Å². The lowest BCUT2D eigenvalue weighted by Gasteiger charge is -2.20. The Bertz CT molecular complexity index is 454. The van der Waals surface area contributed by atoms with Crippen molar-refractivity contribution in [1.82, 2.24) is 4.90 Å². The Morgan fingerprint density at radius 1 is 1.25 bits per heavy atom. The van der Waals surface area contributed by atoms with Gasteiger partial charge in [-0.15, -0.1) is 0 Å². The Hall–Kier alpha value is -1.03. The van der Waals surface area contributed by atoms with Gasteiger partial charge in [-0.25, -0.2) is 0 Å². The number of hydrogen-bond donors (Lipinski definition) is 0. The van der Waals surface area contributed by atoms with Gasteiger partial charge in [0.05, 0.1) is 0 Å². The van der Waals surface area contributed by atoms with E-state index in [4.69, 9.17) is 4.74 Å². The first-order chi connectivity index (χ1) is 9.70. The fourth-order valence-electron chi connectivity index (χ4n) is 2.52. The number of aryl methyl sites for hydroxylation is 1. The number of hydrogen-bond acceptors (Lipinski definition) is 2. The topological polar surface area (TPSA) is 29.5 Å². The van der Waals surface area contributed by atoms with E-state index in [9.17, 15) is 4.79 Å². The van der Waals surface area contributed by atoms with Crippen molar-refractivity contribution in [2.75, 3.05) is 19.7 Å². The van der Waals surface area contributed by atoms with Crippen molar-refractivity contribution in [2.24, 2.45) is 0 Å². The predicted molar refractivity (Wildman–Crippen MR) is 84.1 cm³/mol. The second-order valence-corrected chi connectivity index (χ2v) is 6.10. The molecule has 0 spiro atoms. The minimum Gasteiger partial charge on any atom is -0.483 e. The zero-order chi connectivity index (χ0) is 14.4. The Kier molecular flexibility index (Phi) is 5.89. The normalized spacial score (nSPS) is 15.8. The van der Waals surface area contributed by atoms with E-state index in [1.165, 1.54) is 12.8 Å². The zero-order valence-corrected chi connectivity index (χ0v) is 13.6. The van der Waals surface area contributed by atoms with Crippen LogP contribution in [0.5, 0.6) is 5.75 Å². The van der Waals surface area contributed by atoms with Crippen molar-refractivity contribution in [3.05, 3.63) is 28.2 Å². The van der Waals surface area contributed by atoms with Gasteiger partial charge in [0.25, 0.3) is 5.91 Å². The maximum atomic E-state index is 12.2. The standard InChI is InChI=1S/C16H22BrNO2/c1-2-13-11-14(17)7-8-15(13)20-12-16(19)18-9-5-3-4-6-10-18/h7-8,11H,2-6,9-10,12H2,1H3. The van der Waals surface area contributed by atoms with Crippen LogP contribution in [-0.4, -0.2) is 30.5 Å². The highest BCUT2D eigenvalue weighted by Gasteiger charge is 2.16. The van der Waals surface area contributed by atoms with Gasteiger partial charge in [-0.3, -0.25) is 4.79 Å². The number of likely N-dealkylation sites (tertiary alicyclic amines) is 1. The predicted octanol–water partition coefficient (Wildman–Crippen LogP) is 3.79. The summed E-state index contributed by atoms with van der Waals surface area (Å²) in [5.74, 6) is 0.927. The summed E-state index contributed by atoms with van der Waals surface area (Å²) >= 11 is 3.46. The lowest BCUT2D eigenvalue weighted by Crippen LogP contribution is -2.35. The van der Waals surface area contributed by atoms with Crippen LogP contribution in [0.2, 0.25) is 0 Å². The molecule has 1 aliphatic heterocycles. The largest absolute Gasteiger partial charge is 0.483 e. The summed E-state index contributed by atoms with van der Waals surface area (Å²) in [6, 6.07) is 5.93. The Labute approximate surface area is 129 Å². The molecule has 0 saturated carbocycles. The Morgan fingerprint density at radius 2 is 1.95 bits per heavy atom. The fourth-order valence-corrected chi connectivity index (χ4v) is 2.92. The van der Waals surface area contributed by atoms with Crippen molar-refractivity contribution in [3.8, 4) is 5.75 Å². The average molecular weight is 340 g/mol. The van der Waals surface area contributed by atoms with Crippen LogP contribution in [0.1, 0.15) is 38.2 Å². The summed E-state index contributed by atoms with van der Waals surface area (Å²) < 4.78 is 6.77. The van der Waals surface area contributed by atoms with E-state index in [0.29, 0.717) is 0 Å². The molecule has 1 amide bonds. The monoisotopic (exact) mass is 339 g/mol. The summed E-state index contributed by atoms with van der Waals surface area (Å²) in [4.78, 5) is 14.1. The molecule has 1 aliphatic rings. The van der Waals surface area contributed by atoms with Crippen LogP contribution in [0, 0.1) is 0 Å². The molecule has 1 saturated heterocycles. The molecule has 0 aliphatic carbocycles. The molecule has 0 radical (unpaired) electrons. The van der Waals surface area contributed by atoms with Gasteiger partial charge in [0.2, 0.25) is 0 Å². The lowest BCUT2D eigenvalue weighted by molar-refractivity contribution is -0.133. The van der Waals surface area contributed by atoms with Gasteiger partial charge in [0, 0.05) is 17.6 Å². The van der Waals surface area contributed by atoms with E-state index in [1.54, 1.807) is 0 Å². The molecular weight excluding hydrogens is 318 g/mol. The fraction of sp³-hybridized carbons (Fsp3) is 0.562. The highest BCUT2D eigenvalue weighted by Crippen LogP contribution is 2.23. The third-order valence-electron chi connectivity index (χ3n) is 3.71. The average Bonchev–Trinajstić information content (AvgIpc) is 2.74. The summed E-state index contributed by atoms with van der Waals surface area (Å²) in [5, 5.41) is 0. The molecule has 2 rings (SSSR count). The maximum Gasteiger partial charge on any atom is 0.260 e. The van der Waals surface area contributed by atoms with Gasteiger partial charge < -0.3 is 9.64 Å². The number of rotatable bonds is 4. The molecule has 0 atom stereocenters. The first-order valence-electron chi connectivity index (χ1n) is 7.39. The first-order valence-corrected chi connectivity index (χ1v) is 8.19. The number of halogens is 1. The smallest absolute Gasteiger partial charge is 0.260 e. The Balaban J connectivity index is 1.92. The van der Waals surface area contributed by atoms with Crippen LogP contribution in [-0.2, 0) is 11.2 Å². The minimum atomic E-state index is 0.108. The zero-order valence-electron chi connectivity index (χ0n) is 12.0. The second kappa shape index (κ2) is 7.67. The third kappa shape index (κ3) is 4.23. The first kappa shape index (κ1) is 15.4. The molecule has 0 N–H and O–H groups in total. The van der Waals surface area contributed by atoms with Gasteiger partial charge in [-0.05, 0) is 43.0 Å². The van der Waals surface area contributed by atoms with E-state index >= 15 is 0 Å². The SMILES string of the molecule is CCc1cc(Br)ccc1OCC(=O)N1CCCCCC1. The minimum absolute atomic E-state index is 0.108. The number of carbonyl (C=O) groups is 1. The van der Waals surface area contributed by atoms with E-state index in [-0.39, 0.29) is 12.5 Å². The highest BCUT2D eigenvalue weighted by molar-refractivity contribution is 9.10. The van der Waals surface area contributed by atoms with Gasteiger partial charge >= 0.3 is 0 Å². The van der Waals surface area contributed by atoms with Crippen molar-refractivity contribution in [1.29, 1.82) is 0 Å². The van der Waals surface area contributed by atoms with Crippen molar-refractivity contribution >= 4 is 21.8 Å². The number of benzene rings is 1. The van der Waals surface area contributed by atoms with Gasteiger partial charge in [-0.2, -0.15) is 0 Å². The molecule has 0 bridgehead atoms. The highest BCUT2D eigenvalue weighted by atomic mass is 79.9. The van der Waals surface area contributed by atoms with Crippen LogP contribution in [0.3, 0.4) is 0 Å². The van der Waals surface area contributed by atoms with E-state index < -0.39 is 0 Å². The van der Waals surface area contributed by atoms with Gasteiger partial charge in [-0.1, -0.05) is 35.7 Å². The lowest BCUT2D eigenvalue weighted by atomic mass is 10.1. The maximum absolute atomic E-state index is 12.2. The number of nitrogens with zero attached hydrogens (tertiary/aromatic N) is 1. The Morgan fingerprint density at radius 3 is 2.60 bits per heavy atom. The molecule has 1 aromatic carbocycles. The van der Waals surface area contributed by atoms with Crippen LogP contribution < -0.4 is 4.74 Å². The third-order valence-corrected chi connectivity index (χ3v) is 4.21. The molecule has 0 unspecified atom stereocenters. The summed E-state index contributed by atoms with van der Waals surface area (Å²) in [6.07, 6.45) is 5.59. The van der Waals surface area contributed by atoms with Crippen LogP contribution in [0.15, 0.2) is 22.7 Å². The van der Waals surface area contributed by atoms with Gasteiger partial charge in [0.1, 0.15) is 5.75 Å². The van der Waals surface area contributed by atoms with Crippen LogP contribution >= 0.6 is 15.9 Å². The molecule has 1 fully saturated rings. The van der Waals surface area contributed by atoms with Gasteiger partial charge in [0.15, 0.2) is 6.61 Å². The summed E-state index contributed by atoms with van der Waals surface area (Å²) in [6.45, 7) is 3.99. The van der Waals surface area contributed by atoms with Crippen molar-refractivity contribution < 1.29 is 9.53 Å². The molecular formula is C16H22BrNO2. The number of amides is 1. The summed E-state index contributed by atoms with van der Waals surface area (Å²) in [7, 11) is 0. The molecule has 0 aromatic heterocycles. The second-order valence-electron chi connectivity index (χ2n) is 5.19. The van der Waals surface area contributed by atoms with E-state index in [1.807, 2.05) is 23.1 Å². The summed E-state index contributed by atoms with van der Waals surface area (Å²) in [5.41, 5.74) is 1.13. The molecule has 1 aromatic rings. The molecule has 1 heterocycles. The number of ether oxygens (including phenoxy) is 1. The molecule has 110 valence electrons.